The predicted molar refractivity (Wildman–Crippen MR) is 110 cm³/mol. The van der Waals surface area contributed by atoms with Gasteiger partial charge < -0.3 is 10.1 Å². The van der Waals surface area contributed by atoms with Crippen LogP contribution in [0.5, 0.6) is 5.75 Å². The van der Waals surface area contributed by atoms with E-state index in [2.05, 4.69) is 16.5 Å². The largest absolute Gasteiger partial charge is 0.496 e. The van der Waals surface area contributed by atoms with E-state index in [-0.39, 0.29) is 5.91 Å². The average molecular weight is 395 g/mol. The van der Waals surface area contributed by atoms with Crippen LogP contribution in [0.15, 0.2) is 42.5 Å². The maximum Gasteiger partial charge on any atom is 0.260 e. The first-order valence-corrected chi connectivity index (χ1v) is 10.4. The Bertz CT molecular complexity index is 1100. The number of aromatic nitrogens is 2. The molecule has 3 aromatic rings. The van der Waals surface area contributed by atoms with Crippen molar-refractivity contribution in [2.45, 2.75) is 25.4 Å². The number of rotatable bonds is 4. The molecule has 2 heterocycles. The van der Waals surface area contributed by atoms with Gasteiger partial charge in [0.25, 0.3) is 5.91 Å². The minimum Gasteiger partial charge on any atom is -0.496 e. The highest BCUT2D eigenvalue weighted by atomic mass is 32.2. The standard InChI is InChI=1S/C21H21N3O3S/c1-13-8-9-18(14(2)10-13)24-20(16-11-28(26)12-17(16)23-24)22-21(25)15-6-4-5-7-19(15)27-3/h4-10H,11-12H2,1-3H3,(H,22,25)/t28-/m0/s1. The quantitative estimate of drug-likeness (QED) is 0.734. The molecule has 0 aliphatic carbocycles. The smallest absolute Gasteiger partial charge is 0.260 e. The second-order valence-corrected chi connectivity index (χ2v) is 8.32. The van der Waals surface area contributed by atoms with E-state index in [1.807, 2.05) is 32.0 Å². The molecule has 28 heavy (non-hydrogen) atoms. The number of carbonyl (C=O) groups excluding carboxylic acids is 1. The van der Waals surface area contributed by atoms with Crippen molar-refractivity contribution in [1.29, 1.82) is 0 Å². The third kappa shape index (κ3) is 3.22. The lowest BCUT2D eigenvalue weighted by molar-refractivity contribution is 0.102. The van der Waals surface area contributed by atoms with Crippen LogP contribution in [-0.4, -0.2) is 27.0 Å². The summed E-state index contributed by atoms with van der Waals surface area (Å²) in [6.07, 6.45) is 0. The fourth-order valence-corrected chi connectivity index (χ4v) is 4.74. The fraction of sp³-hybridized carbons (Fsp3) is 0.238. The molecule has 0 fully saturated rings. The Balaban J connectivity index is 1.79. The first-order valence-electron chi connectivity index (χ1n) is 8.95. The highest BCUT2D eigenvalue weighted by Crippen LogP contribution is 2.33. The summed E-state index contributed by atoms with van der Waals surface area (Å²) in [7, 11) is 0.545. The predicted octanol–water partition coefficient (Wildman–Crippen LogP) is 3.51. The van der Waals surface area contributed by atoms with Gasteiger partial charge in [-0.2, -0.15) is 5.10 Å². The molecule has 2 aromatic carbocycles. The third-order valence-corrected chi connectivity index (χ3v) is 6.04. The molecule has 7 heteroatoms. The molecule has 0 spiro atoms. The minimum atomic E-state index is -0.989. The molecule has 0 bridgehead atoms. The molecular formula is C21H21N3O3S. The summed E-state index contributed by atoms with van der Waals surface area (Å²) in [4.78, 5) is 13.0. The molecule has 1 aliphatic rings. The maximum absolute atomic E-state index is 13.0. The number of amides is 1. The lowest BCUT2D eigenvalue weighted by atomic mass is 10.1. The number of carbonyl (C=O) groups is 1. The number of benzene rings is 2. The van der Waals surface area contributed by atoms with Gasteiger partial charge in [0.15, 0.2) is 0 Å². The fourth-order valence-electron chi connectivity index (χ4n) is 3.48. The van der Waals surface area contributed by atoms with Crippen LogP contribution in [-0.2, 0) is 22.3 Å². The summed E-state index contributed by atoms with van der Waals surface area (Å²) in [5, 5.41) is 7.66. The molecule has 0 saturated heterocycles. The average Bonchev–Trinajstić information content (AvgIpc) is 3.18. The topological polar surface area (TPSA) is 73.2 Å². The second kappa shape index (κ2) is 7.24. The number of aryl methyl sites for hydroxylation is 2. The minimum absolute atomic E-state index is 0.288. The number of methoxy groups -OCH3 is 1. The molecule has 0 saturated carbocycles. The molecule has 4 rings (SSSR count). The zero-order chi connectivity index (χ0) is 19.8. The zero-order valence-electron chi connectivity index (χ0n) is 16.0. The van der Waals surface area contributed by atoms with Crippen LogP contribution < -0.4 is 10.1 Å². The Morgan fingerprint density at radius 2 is 1.96 bits per heavy atom. The summed E-state index contributed by atoms with van der Waals surface area (Å²) in [5.74, 6) is 1.58. The second-order valence-electron chi connectivity index (χ2n) is 6.86. The van der Waals surface area contributed by atoms with Crippen LogP contribution in [0, 0.1) is 13.8 Å². The Kier molecular flexibility index (Phi) is 4.77. The lowest BCUT2D eigenvalue weighted by Gasteiger charge is -2.14. The Hall–Kier alpha value is -2.93. The normalized spacial score (nSPS) is 15.3. The van der Waals surface area contributed by atoms with Crippen molar-refractivity contribution < 1.29 is 13.7 Å². The number of hydrogen-bond acceptors (Lipinski definition) is 4. The highest BCUT2D eigenvalue weighted by molar-refractivity contribution is 7.83. The van der Waals surface area contributed by atoms with Crippen molar-refractivity contribution >= 4 is 22.5 Å². The van der Waals surface area contributed by atoms with Gasteiger partial charge in [-0.25, -0.2) is 4.68 Å². The monoisotopic (exact) mass is 395 g/mol. The van der Waals surface area contributed by atoms with E-state index in [4.69, 9.17) is 4.74 Å². The summed E-state index contributed by atoms with van der Waals surface area (Å²) >= 11 is 0. The third-order valence-electron chi connectivity index (χ3n) is 4.83. The van der Waals surface area contributed by atoms with Crippen LogP contribution in [0.2, 0.25) is 0 Å². The number of para-hydroxylation sites is 1. The van der Waals surface area contributed by atoms with Crippen LogP contribution in [0.1, 0.15) is 32.7 Å². The van der Waals surface area contributed by atoms with Crippen molar-refractivity contribution in [1.82, 2.24) is 9.78 Å². The van der Waals surface area contributed by atoms with Gasteiger partial charge in [-0.1, -0.05) is 29.8 Å². The molecule has 6 nitrogen and oxygen atoms in total. The highest BCUT2D eigenvalue weighted by Gasteiger charge is 2.29. The van der Waals surface area contributed by atoms with Gasteiger partial charge in [0.05, 0.1) is 35.6 Å². The molecular weight excluding hydrogens is 374 g/mol. The number of ether oxygens (including phenoxy) is 1. The van der Waals surface area contributed by atoms with E-state index in [0.717, 1.165) is 28.1 Å². The van der Waals surface area contributed by atoms with Gasteiger partial charge >= 0.3 is 0 Å². The number of fused-ring (bicyclic) bond motifs is 1. The van der Waals surface area contributed by atoms with Gasteiger partial charge in [-0.05, 0) is 37.6 Å². The SMILES string of the molecule is COc1ccccc1C(=O)Nc1c2c(nn1-c1ccc(C)cc1C)C[S@@](=O)C2. The Morgan fingerprint density at radius 1 is 1.18 bits per heavy atom. The summed E-state index contributed by atoms with van der Waals surface area (Å²) < 4.78 is 19.1. The molecule has 1 atom stereocenters. The number of nitrogens with zero attached hydrogens (tertiary/aromatic N) is 2. The molecule has 0 radical (unpaired) electrons. The summed E-state index contributed by atoms with van der Waals surface area (Å²) in [6.45, 7) is 4.05. The van der Waals surface area contributed by atoms with Crippen LogP contribution in [0.25, 0.3) is 5.69 Å². The molecule has 1 aromatic heterocycles. The van der Waals surface area contributed by atoms with Crippen molar-refractivity contribution in [2.24, 2.45) is 0 Å². The number of anilines is 1. The summed E-state index contributed by atoms with van der Waals surface area (Å²) in [6, 6.07) is 13.1. The Labute approximate surface area is 166 Å². The van der Waals surface area contributed by atoms with Gasteiger partial charge in [-0.15, -0.1) is 0 Å². The van der Waals surface area contributed by atoms with E-state index >= 15 is 0 Å². The first-order chi connectivity index (χ1) is 13.5. The van der Waals surface area contributed by atoms with Crippen molar-refractivity contribution in [3.8, 4) is 11.4 Å². The van der Waals surface area contributed by atoms with Crippen molar-refractivity contribution in [3.05, 3.63) is 70.4 Å². The molecule has 1 N–H and O–H groups in total. The maximum atomic E-state index is 13.0. The van der Waals surface area contributed by atoms with E-state index < -0.39 is 10.8 Å². The van der Waals surface area contributed by atoms with Crippen molar-refractivity contribution in [2.75, 3.05) is 12.4 Å². The van der Waals surface area contributed by atoms with E-state index in [1.54, 1.807) is 22.9 Å². The summed E-state index contributed by atoms with van der Waals surface area (Å²) in [5.41, 5.74) is 5.14. The Morgan fingerprint density at radius 3 is 2.71 bits per heavy atom. The zero-order valence-corrected chi connectivity index (χ0v) is 16.8. The van der Waals surface area contributed by atoms with Crippen LogP contribution >= 0.6 is 0 Å². The van der Waals surface area contributed by atoms with E-state index in [0.29, 0.717) is 28.6 Å². The number of hydrogen-bond donors (Lipinski definition) is 1. The molecule has 144 valence electrons. The van der Waals surface area contributed by atoms with Gasteiger partial charge in [0, 0.05) is 16.4 Å². The van der Waals surface area contributed by atoms with Gasteiger partial charge in [0.2, 0.25) is 0 Å². The van der Waals surface area contributed by atoms with E-state index in [1.165, 1.54) is 7.11 Å². The van der Waals surface area contributed by atoms with Crippen LogP contribution in [0.4, 0.5) is 5.82 Å². The van der Waals surface area contributed by atoms with Crippen molar-refractivity contribution in [3.63, 3.8) is 0 Å². The van der Waals surface area contributed by atoms with E-state index in [9.17, 15) is 9.00 Å². The molecule has 1 amide bonds. The van der Waals surface area contributed by atoms with Gasteiger partial charge in [0.1, 0.15) is 11.6 Å². The lowest BCUT2D eigenvalue weighted by Crippen LogP contribution is -2.17. The van der Waals surface area contributed by atoms with Gasteiger partial charge in [-0.3, -0.25) is 9.00 Å². The molecule has 1 aliphatic heterocycles. The van der Waals surface area contributed by atoms with Crippen LogP contribution in [0.3, 0.4) is 0 Å². The first kappa shape index (κ1) is 18.4. The molecule has 0 unspecified atom stereocenters. The number of nitrogens with one attached hydrogen (secondary N) is 1.